The summed E-state index contributed by atoms with van der Waals surface area (Å²) in [4.78, 5) is 38.8. The van der Waals surface area contributed by atoms with Gasteiger partial charge in [-0.3, -0.25) is 14.4 Å². The molecule has 24 heavy (non-hydrogen) atoms. The van der Waals surface area contributed by atoms with Crippen molar-refractivity contribution in [2.24, 2.45) is 0 Å². The number of aryl methyl sites for hydroxylation is 1. The summed E-state index contributed by atoms with van der Waals surface area (Å²) in [6.07, 6.45) is 2.27. The number of amides is 3. The number of carbonyl (C=O) groups excluding carboxylic acids is 3. The molecule has 126 valence electrons. The monoisotopic (exact) mass is 330 g/mol. The summed E-state index contributed by atoms with van der Waals surface area (Å²) >= 11 is 0. The molecular weight excluding hydrogens is 312 g/mol. The summed E-state index contributed by atoms with van der Waals surface area (Å²) in [5.41, 5.74) is 1.53. The van der Waals surface area contributed by atoms with Crippen LogP contribution in [0.3, 0.4) is 0 Å². The van der Waals surface area contributed by atoms with Crippen LogP contribution in [-0.2, 0) is 30.3 Å². The van der Waals surface area contributed by atoms with Gasteiger partial charge < -0.3 is 14.4 Å². The van der Waals surface area contributed by atoms with Gasteiger partial charge >= 0.3 is 0 Å². The molecule has 3 fully saturated rings. The zero-order chi connectivity index (χ0) is 16.7. The molecule has 7 heteroatoms. The van der Waals surface area contributed by atoms with Gasteiger partial charge in [0, 0.05) is 13.0 Å². The Morgan fingerprint density at radius 3 is 2.42 bits per heavy atom. The summed E-state index contributed by atoms with van der Waals surface area (Å²) in [6, 6.07) is 7.16. The van der Waals surface area contributed by atoms with Crippen molar-refractivity contribution in [1.29, 1.82) is 0 Å². The highest BCUT2D eigenvalue weighted by molar-refractivity contribution is 6.16. The summed E-state index contributed by atoms with van der Waals surface area (Å²) in [6.45, 7) is 0.623. The van der Waals surface area contributed by atoms with Crippen LogP contribution >= 0.6 is 0 Å². The van der Waals surface area contributed by atoms with Crippen LogP contribution in [0.2, 0.25) is 0 Å². The zero-order valence-electron chi connectivity index (χ0n) is 13.1. The van der Waals surface area contributed by atoms with Gasteiger partial charge in [-0.25, -0.2) is 4.90 Å². The minimum atomic E-state index is -0.359. The zero-order valence-corrected chi connectivity index (χ0v) is 13.1. The average molecular weight is 330 g/mol. The van der Waals surface area contributed by atoms with Gasteiger partial charge in [-0.1, -0.05) is 12.1 Å². The molecular formula is C17H18N2O5. The van der Waals surface area contributed by atoms with Gasteiger partial charge in [-0.15, -0.1) is 0 Å². The van der Waals surface area contributed by atoms with Gasteiger partial charge in [-0.05, 0) is 30.5 Å². The van der Waals surface area contributed by atoms with E-state index in [0.29, 0.717) is 18.5 Å². The van der Waals surface area contributed by atoms with Crippen LogP contribution in [0.4, 0.5) is 5.69 Å². The number of nitrogens with zero attached hydrogens (tertiary/aromatic N) is 2. The van der Waals surface area contributed by atoms with E-state index in [1.54, 1.807) is 12.1 Å². The quantitative estimate of drug-likeness (QED) is 0.592. The lowest BCUT2D eigenvalue weighted by molar-refractivity contribution is -0.138. The lowest BCUT2D eigenvalue weighted by atomic mass is 10.1. The summed E-state index contributed by atoms with van der Waals surface area (Å²) < 4.78 is 10.3. The van der Waals surface area contributed by atoms with E-state index in [2.05, 4.69) is 0 Å². The maximum Gasteiger partial charge on any atom is 0.259 e. The average Bonchev–Trinajstić information content (AvgIpc) is 3.23. The van der Waals surface area contributed by atoms with Gasteiger partial charge in [0.25, 0.3) is 11.8 Å². The topological polar surface area (TPSA) is 79.5 Å². The molecule has 2 atom stereocenters. The number of morpholine rings is 1. The SMILES string of the molecule is O=C1COCC(=O)N1c1ccc(CCC(=O)N2CCC3OC32)cc1. The van der Waals surface area contributed by atoms with Crippen molar-refractivity contribution in [2.45, 2.75) is 31.6 Å². The highest BCUT2D eigenvalue weighted by Gasteiger charge is 2.50. The van der Waals surface area contributed by atoms with E-state index in [9.17, 15) is 14.4 Å². The molecule has 0 radical (unpaired) electrons. The molecule has 0 aromatic heterocycles. The number of hydrogen-bond donors (Lipinski definition) is 0. The number of carbonyl (C=O) groups is 3. The van der Waals surface area contributed by atoms with E-state index in [1.807, 2.05) is 17.0 Å². The molecule has 0 N–H and O–H groups in total. The molecule has 1 aromatic carbocycles. The van der Waals surface area contributed by atoms with E-state index < -0.39 is 0 Å². The number of hydrogen-bond acceptors (Lipinski definition) is 5. The molecule has 3 heterocycles. The van der Waals surface area contributed by atoms with Crippen LogP contribution in [0.25, 0.3) is 0 Å². The molecule has 3 aliphatic heterocycles. The van der Waals surface area contributed by atoms with Gasteiger partial charge in [0.15, 0.2) is 6.23 Å². The normalized spacial score (nSPS) is 25.8. The Hall–Kier alpha value is -2.25. The van der Waals surface area contributed by atoms with Gasteiger partial charge in [-0.2, -0.15) is 0 Å². The number of likely N-dealkylation sites (tertiary alicyclic amines) is 1. The Bertz CT molecular complexity index is 671. The number of benzene rings is 1. The summed E-state index contributed by atoms with van der Waals surface area (Å²) in [5.74, 6) is -0.605. The first-order chi connectivity index (χ1) is 11.6. The second kappa shape index (κ2) is 5.99. The van der Waals surface area contributed by atoms with E-state index in [1.165, 1.54) is 0 Å². The number of imide groups is 1. The Morgan fingerprint density at radius 2 is 1.83 bits per heavy atom. The highest BCUT2D eigenvalue weighted by atomic mass is 16.6. The van der Waals surface area contributed by atoms with E-state index in [4.69, 9.17) is 9.47 Å². The Morgan fingerprint density at radius 1 is 1.12 bits per heavy atom. The van der Waals surface area contributed by atoms with Crippen LogP contribution in [-0.4, -0.2) is 54.7 Å². The van der Waals surface area contributed by atoms with Crippen molar-refractivity contribution in [3.05, 3.63) is 29.8 Å². The Balaban J connectivity index is 1.36. The van der Waals surface area contributed by atoms with E-state index in [-0.39, 0.29) is 43.3 Å². The van der Waals surface area contributed by atoms with Crippen LogP contribution in [0.1, 0.15) is 18.4 Å². The first-order valence-corrected chi connectivity index (χ1v) is 8.11. The Labute approximate surface area is 139 Å². The highest BCUT2D eigenvalue weighted by Crippen LogP contribution is 2.36. The molecule has 1 aromatic rings. The largest absolute Gasteiger partial charge is 0.362 e. The third-order valence-electron chi connectivity index (χ3n) is 4.61. The molecule has 2 unspecified atom stereocenters. The van der Waals surface area contributed by atoms with Gasteiger partial charge in [0.2, 0.25) is 5.91 Å². The fourth-order valence-corrected chi connectivity index (χ4v) is 3.27. The standard InChI is InChI=1S/C17H18N2O5/c20-14(18-8-7-13-17(18)24-13)6-3-11-1-4-12(5-2-11)19-15(21)9-23-10-16(19)22/h1-2,4-5,13,17H,3,6-10H2. The number of epoxide rings is 1. The molecule has 3 amide bonds. The maximum atomic E-state index is 12.2. The maximum absolute atomic E-state index is 12.2. The molecule has 0 spiro atoms. The lowest BCUT2D eigenvalue weighted by Crippen LogP contribution is -2.46. The molecule has 3 aliphatic rings. The van der Waals surface area contributed by atoms with Crippen molar-refractivity contribution in [2.75, 3.05) is 24.7 Å². The molecule has 0 saturated carbocycles. The first kappa shape index (κ1) is 15.3. The predicted octanol–water partition coefficient (Wildman–Crippen LogP) is 0.466. The number of rotatable bonds is 4. The predicted molar refractivity (Wildman–Crippen MR) is 83.1 cm³/mol. The van der Waals surface area contributed by atoms with E-state index in [0.717, 1.165) is 23.4 Å². The number of anilines is 1. The minimum absolute atomic E-state index is 0.0122. The fraction of sp³-hybridized carbons (Fsp3) is 0.471. The van der Waals surface area contributed by atoms with Crippen molar-refractivity contribution in [3.8, 4) is 0 Å². The summed E-state index contributed by atoms with van der Waals surface area (Å²) in [7, 11) is 0. The van der Waals surface area contributed by atoms with Crippen LogP contribution in [0.5, 0.6) is 0 Å². The number of fused-ring (bicyclic) bond motifs is 1. The van der Waals surface area contributed by atoms with Crippen molar-refractivity contribution < 1.29 is 23.9 Å². The molecule has 4 rings (SSSR count). The van der Waals surface area contributed by atoms with E-state index >= 15 is 0 Å². The second-order valence-corrected chi connectivity index (χ2v) is 6.22. The summed E-state index contributed by atoms with van der Waals surface area (Å²) in [5, 5.41) is 0. The molecule has 7 nitrogen and oxygen atoms in total. The molecule has 0 aliphatic carbocycles. The van der Waals surface area contributed by atoms with Gasteiger partial charge in [0.1, 0.15) is 19.3 Å². The third-order valence-corrected chi connectivity index (χ3v) is 4.61. The number of ether oxygens (including phenoxy) is 2. The fourth-order valence-electron chi connectivity index (χ4n) is 3.27. The third kappa shape index (κ3) is 2.81. The van der Waals surface area contributed by atoms with Crippen molar-refractivity contribution in [1.82, 2.24) is 4.90 Å². The Kier molecular flexibility index (Phi) is 3.82. The molecule has 0 bridgehead atoms. The van der Waals surface area contributed by atoms with Crippen LogP contribution < -0.4 is 4.90 Å². The van der Waals surface area contributed by atoms with Crippen molar-refractivity contribution in [3.63, 3.8) is 0 Å². The van der Waals surface area contributed by atoms with Crippen LogP contribution in [0, 0.1) is 0 Å². The second-order valence-electron chi connectivity index (χ2n) is 6.22. The molecule has 3 saturated heterocycles. The lowest BCUT2D eigenvalue weighted by Gasteiger charge is -2.25. The minimum Gasteiger partial charge on any atom is -0.362 e. The first-order valence-electron chi connectivity index (χ1n) is 8.11. The van der Waals surface area contributed by atoms with Crippen molar-refractivity contribution >= 4 is 23.4 Å². The van der Waals surface area contributed by atoms with Crippen LogP contribution in [0.15, 0.2) is 24.3 Å². The van der Waals surface area contributed by atoms with Gasteiger partial charge in [0.05, 0.1) is 5.69 Å². The smallest absolute Gasteiger partial charge is 0.259 e.